The first kappa shape index (κ1) is 19.6. The third-order valence-corrected chi connectivity index (χ3v) is 9.85. The molecule has 0 unspecified atom stereocenters. The van der Waals surface area contributed by atoms with Gasteiger partial charge >= 0.3 is 5.82 Å². The van der Waals surface area contributed by atoms with Crippen molar-refractivity contribution in [2.45, 2.75) is 13.1 Å². The summed E-state index contributed by atoms with van der Waals surface area (Å²) in [5.74, 6) is 1.24. The molecule has 0 bridgehead atoms. The van der Waals surface area contributed by atoms with Crippen molar-refractivity contribution in [1.82, 2.24) is 0 Å². The molecule has 2 heterocycles. The number of rotatable bonds is 2. The number of anilines is 2. The Morgan fingerprint density at radius 2 is 1.10 bits per heavy atom. The van der Waals surface area contributed by atoms with E-state index in [4.69, 9.17) is 0 Å². The van der Waals surface area contributed by atoms with Crippen LogP contribution in [0.15, 0.2) is 42.2 Å². The van der Waals surface area contributed by atoms with E-state index in [2.05, 4.69) is 123 Å². The van der Waals surface area contributed by atoms with Gasteiger partial charge in [-0.1, -0.05) is 25.2 Å². The van der Waals surface area contributed by atoms with E-state index < -0.39 is 8.07 Å². The van der Waals surface area contributed by atoms with Gasteiger partial charge in [0.1, 0.15) is 27.7 Å². The fourth-order valence-corrected chi connectivity index (χ4v) is 7.64. The zero-order chi connectivity index (χ0) is 21.1. The predicted molar refractivity (Wildman–Crippen MR) is 129 cm³/mol. The maximum Gasteiger partial charge on any atom is 0.452 e. The van der Waals surface area contributed by atoms with Crippen LogP contribution in [0.25, 0.3) is 5.57 Å². The van der Waals surface area contributed by atoms with E-state index in [1.54, 1.807) is 0 Å². The van der Waals surface area contributed by atoms with Crippen LogP contribution in [-0.4, -0.2) is 71.9 Å². The molecule has 0 spiro atoms. The Bertz CT molecular complexity index is 1020. The largest absolute Gasteiger partial charge is 0.452 e. The van der Waals surface area contributed by atoms with Crippen molar-refractivity contribution in [2.75, 3.05) is 52.1 Å². The second-order valence-electron chi connectivity index (χ2n) is 9.09. The summed E-state index contributed by atoms with van der Waals surface area (Å²) in [6.07, 6.45) is 4.28. The summed E-state index contributed by atoms with van der Waals surface area (Å²) < 4.78 is 4.48. The van der Waals surface area contributed by atoms with Crippen LogP contribution in [0.1, 0.15) is 11.1 Å². The molecule has 2 aliphatic heterocycles. The molecular weight excluding hydrogens is 372 g/mol. The van der Waals surface area contributed by atoms with Crippen molar-refractivity contribution < 1.29 is 9.15 Å². The Labute approximate surface area is 175 Å². The summed E-state index contributed by atoms with van der Waals surface area (Å²) in [6.45, 7) is 4.98. The monoisotopic (exact) mass is 404 g/mol. The zero-order valence-corrected chi connectivity index (χ0v) is 19.9. The Morgan fingerprint density at radius 3 is 1.48 bits per heavy atom. The Morgan fingerprint density at radius 1 is 0.690 bits per heavy atom. The molecular formula is C24H32N4Si+2. The summed E-state index contributed by atoms with van der Waals surface area (Å²) >= 11 is 0. The fourth-order valence-electron chi connectivity index (χ4n) is 4.56. The van der Waals surface area contributed by atoms with E-state index >= 15 is 0 Å². The molecule has 29 heavy (non-hydrogen) atoms. The molecule has 5 heteroatoms. The first-order chi connectivity index (χ1) is 13.6. The molecule has 0 radical (unpaired) electrons. The molecule has 0 saturated carbocycles. The Balaban J connectivity index is 2.12. The van der Waals surface area contributed by atoms with E-state index in [1.807, 2.05) is 0 Å². The Kier molecular flexibility index (Phi) is 4.54. The van der Waals surface area contributed by atoms with E-state index in [0.717, 1.165) is 0 Å². The van der Waals surface area contributed by atoms with Gasteiger partial charge in [-0.15, -0.1) is 9.15 Å². The third-order valence-electron chi connectivity index (χ3n) is 6.33. The van der Waals surface area contributed by atoms with Crippen LogP contribution in [-0.2, 0) is 0 Å². The first-order valence-electron chi connectivity index (χ1n) is 10.2. The van der Waals surface area contributed by atoms with E-state index in [1.165, 1.54) is 44.3 Å². The second-order valence-corrected chi connectivity index (χ2v) is 13.4. The zero-order valence-electron chi connectivity index (χ0n) is 18.9. The van der Waals surface area contributed by atoms with Crippen LogP contribution in [0.4, 0.5) is 11.4 Å². The topological polar surface area (TPSA) is 12.5 Å². The van der Waals surface area contributed by atoms with E-state index in [0.29, 0.717) is 0 Å². The third kappa shape index (κ3) is 2.95. The summed E-state index contributed by atoms with van der Waals surface area (Å²) in [5.41, 5.74) is 6.65. The number of benzene rings is 2. The molecule has 2 aromatic rings. The van der Waals surface area contributed by atoms with Gasteiger partial charge in [0.05, 0.1) is 0 Å². The van der Waals surface area contributed by atoms with E-state index in [9.17, 15) is 0 Å². The van der Waals surface area contributed by atoms with Gasteiger partial charge in [-0.3, -0.25) is 0 Å². The van der Waals surface area contributed by atoms with Gasteiger partial charge in [-0.2, -0.15) is 0 Å². The van der Waals surface area contributed by atoms with Crippen LogP contribution in [0.2, 0.25) is 13.1 Å². The highest BCUT2D eigenvalue weighted by molar-refractivity contribution is 7.02. The molecule has 2 aliphatic rings. The summed E-state index contributed by atoms with van der Waals surface area (Å²) in [5, 5.41) is 3.03. The highest BCUT2D eigenvalue weighted by atomic mass is 28.3. The SMILES string of the molecule is CN(C)c1ccc2c(c1)[Si](C)(C)c1cc(N(C)C)ccc1C2=C1[N+](C)=CC=[N+]1C. The Hall–Kier alpha value is -2.66. The van der Waals surface area contributed by atoms with Crippen LogP contribution in [0.5, 0.6) is 0 Å². The molecule has 0 amide bonds. The molecule has 4 nitrogen and oxygen atoms in total. The van der Waals surface area contributed by atoms with Crippen LogP contribution in [0.3, 0.4) is 0 Å². The lowest BCUT2D eigenvalue weighted by Crippen LogP contribution is -2.58. The maximum absolute atomic E-state index is 2.49. The van der Waals surface area contributed by atoms with Gasteiger partial charge in [-0.25, -0.2) is 0 Å². The minimum atomic E-state index is -1.87. The van der Waals surface area contributed by atoms with Gasteiger partial charge in [0.2, 0.25) is 12.4 Å². The summed E-state index contributed by atoms with van der Waals surface area (Å²) in [7, 11) is 10.9. The minimum Gasteiger partial charge on any atom is -0.378 e. The maximum atomic E-state index is 2.49. The van der Waals surface area contributed by atoms with Gasteiger partial charge in [0.15, 0.2) is 0 Å². The van der Waals surface area contributed by atoms with Crippen LogP contribution in [0, 0.1) is 0 Å². The van der Waals surface area contributed by atoms with Crippen LogP contribution < -0.4 is 20.2 Å². The first-order valence-corrected chi connectivity index (χ1v) is 13.2. The summed E-state index contributed by atoms with van der Waals surface area (Å²) in [6, 6.07) is 14.0. The molecule has 0 aromatic heterocycles. The quantitative estimate of drug-likeness (QED) is 0.562. The van der Waals surface area contributed by atoms with Crippen molar-refractivity contribution in [1.29, 1.82) is 0 Å². The van der Waals surface area contributed by atoms with Gasteiger partial charge in [-0.05, 0) is 45.8 Å². The van der Waals surface area contributed by atoms with Gasteiger partial charge in [0, 0.05) is 39.6 Å². The fraction of sp³-hybridized carbons (Fsp3) is 0.333. The van der Waals surface area contributed by atoms with E-state index in [-0.39, 0.29) is 0 Å². The average molecular weight is 405 g/mol. The standard InChI is InChI=1S/C24H32N4Si/c1-25(2)17-9-11-19-21(15-17)29(7,8)22-16-18(26(3)4)10-12-20(22)23(19)24-27(5)13-14-28(24)6/h9-16H,1-8H3/q+2. The van der Waals surface area contributed by atoms with Gasteiger partial charge in [0.25, 0.3) is 0 Å². The smallest absolute Gasteiger partial charge is 0.378 e. The molecule has 0 N–H and O–H groups in total. The van der Waals surface area contributed by atoms with Gasteiger partial charge < -0.3 is 9.80 Å². The molecule has 2 aromatic carbocycles. The number of fused-ring (bicyclic) bond motifs is 2. The normalized spacial score (nSPS) is 16.8. The molecule has 0 fully saturated rings. The average Bonchev–Trinajstić information content (AvgIpc) is 3.00. The van der Waals surface area contributed by atoms with Crippen molar-refractivity contribution >= 4 is 47.8 Å². The highest BCUT2D eigenvalue weighted by Crippen LogP contribution is 2.35. The minimum absolute atomic E-state index is 1.24. The molecule has 0 atom stereocenters. The number of hydrogen-bond acceptors (Lipinski definition) is 2. The van der Waals surface area contributed by atoms with Crippen molar-refractivity contribution in [3.8, 4) is 0 Å². The van der Waals surface area contributed by atoms with Crippen molar-refractivity contribution in [3.05, 3.63) is 53.3 Å². The van der Waals surface area contributed by atoms with Crippen LogP contribution >= 0.6 is 0 Å². The highest BCUT2D eigenvalue weighted by Gasteiger charge is 2.43. The number of hydrogen-bond donors (Lipinski definition) is 0. The summed E-state index contributed by atoms with van der Waals surface area (Å²) in [4.78, 5) is 4.41. The lowest BCUT2D eigenvalue weighted by atomic mass is 9.95. The van der Waals surface area contributed by atoms with Crippen molar-refractivity contribution in [3.63, 3.8) is 0 Å². The van der Waals surface area contributed by atoms with Crippen molar-refractivity contribution in [2.24, 2.45) is 0 Å². The lowest BCUT2D eigenvalue weighted by Gasteiger charge is -2.35. The molecule has 4 rings (SSSR count). The molecule has 150 valence electrons. The number of nitrogens with zero attached hydrogens (tertiary/aromatic N) is 4. The molecule has 0 aliphatic carbocycles. The predicted octanol–water partition coefficient (Wildman–Crippen LogP) is 2.11. The second kappa shape index (κ2) is 6.70. The molecule has 0 saturated heterocycles. The lowest BCUT2D eigenvalue weighted by molar-refractivity contribution is -0.610.